The minimum Gasteiger partial charge on any atom is -0.302 e. The molecule has 0 aliphatic carbocycles. The molecule has 0 bridgehead atoms. The third kappa shape index (κ3) is 4.47. The number of amides is 1. The van der Waals surface area contributed by atoms with Crippen molar-refractivity contribution in [2.45, 2.75) is 38.6 Å². The summed E-state index contributed by atoms with van der Waals surface area (Å²) < 4.78 is 1.17. The Kier molecular flexibility index (Phi) is 5.57. The Morgan fingerprint density at radius 3 is 2.85 bits per heavy atom. The number of benzene rings is 1. The molecule has 3 heterocycles. The molecule has 1 amide bonds. The van der Waals surface area contributed by atoms with Crippen LogP contribution in [0, 0.1) is 0 Å². The third-order valence-electron chi connectivity index (χ3n) is 4.54. The number of para-hydroxylation sites is 1. The summed E-state index contributed by atoms with van der Waals surface area (Å²) in [5.74, 6) is 0.00290. The van der Waals surface area contributed by atoms with Gasteiger partial charge in [-0.2, -0.15) is 0 Å². The smallest absolute Gasteiger partial charge is 0.226 e. The minimum atomic E-state index is 0.00290. The number of hydrogen-bond donors (Lipinski definition) is 1. The van der Waals surface area contributed by atoms with Gasteiger partial charge in [0.1, 0.15) is 0 Å². The highest BCUT2D eigenvalue weighted by Gasteiger charge is 2.13. The highest BCUT2D eigenvalue weighted by Crippen LogP contribution is 2.23. The molecule has 136 valence electrons. The zero-order valence-corrected chi connectivity index (χ0v) is 16.2. The fourth-order valence-corrected chi connectivity index (χ4v) is 4.90. The van der Waals surface area contributed by atoms with Gasteiger partial charge in [0.05, 0.1) is 20.9 Å². The molecule has 4 rings (SSSR count). The van der Waals surface area contributed by atoms with Gasteiger partial charge in [0.25, 0.3) is 0 Å². The van der Waals surface area contributed by atoms with Gasteiger partial charge in [-0.3, -0.25) is 9.69 Å². The lowest BCUT2D eigenvalue weighted by Crippen LogP contribution is -2.29. The molecule has 5 nitrogen and oxygen atoms in total. The van der Waals surface area contributed by atoms with E-state index in [1.165, 1.54) is 35.3 Å². The Balaban J connectivity index is 1.27. The van der Waals surface area contributed by atoms with E-state index in [1.807, 2.05) is 18.2 Å². The van der Waals surface area contributed by atoms with Crippen molar-refractivity contribution in [1.82, 2.24) is 14.9 Å². The minimum absolute atomic E-state index is 0.00290. The quantitative estimate of drug-likeness (QED) is 0.686. The number of likely N-dealkylation sites (tertiary alicyclic amines) is 1. The summed E-state index contributed by atoms with van der Waals surface area (Å²) in [5, 5.41) is 6.69. The van der Waals surface area contributed by atoms with Crippen molar-refractivity contribution in [2.75, 3.05) is 18.4 Å². The van der Waals surface area contributed by atoms with Crippen LogP contribution in [-0.2, 0) is 17.8 Å². The molecule has 0 spiro atoms. The maximum Gasteiger partial charge on any atom is 0.226 e. The lowest BCUT2D eigenvalue weighted by atomic mass is 10.1. The summed E-state index contributed by atoms with van der Waals surface area (Å²) >= 11 is 3.17. The Morgan fingerprint density at radius 2 is 2.00 bits per heavy atom. The van der Waals surface area contributed by atoms with Gasteiger partial charge in [0, 0.05) is 24.8 Å². The van der Waals surface area contributed by atoms with Crippen molar-refractivity contribution in [1.29, 1.82) is 0 Å². The molecular formula is C19H22N4OS2. The first-order valence-electron chi connectivity index (χ1n) is 9.07. The maximum atomic E-state index is 12.2. The lowest BCUT2D eigenvalue weighted by molar-refractivity contribution is -0.116. The zero-order valence-electron chi connectivity index (χ0n) is 14.6. The first-order valence-corrected chi connectivity index (χ1v) is 10.8. The number of fused-ring (bicyclic) bond motifs is 1. The normalized spacial score (nSPS) is 15.4. The molecule has 2 aromatic heterocycles. The SMILES string of the molecule is O=C(CCc1nc2ccccc2s1)Nc1nc(CN2CCCCC2)cs1. The predicted molar refractivity (Wildman–Crippen MR) is 108 cm³/mol. The molecule has 0 unspecified atom stereocenters. The Morgan fingerprint density at radius 1 is 1.15 bits per heavy atom. The Hall–Kier alpha value is -1.83. The number of piperidine rings is 1. The number of carbonyl (C=O) groups is 1. The second-order valence-electron chi connectivity index (χ2n) is 6.60. The van der Waals surface area contributed by atoms with E-state index < -0.39 is 0 Å². The number of aryl methyl sites for hydroxylation is 1. The second-order valence-corrected chi connectivity index (χ2v) is 8.58. The van der Waals surface area contributed by atoms with Crippen molar-refractivity contribution in [3.8, 4) is 0 Å². The predicted octanol–water partition coefficient (Wildman–Crippen LogP) is 4.31. The molecule has 1 aromatic carbocycles. The van der Waals surface area contributed by atoms with Crippen LogP contribution < -0.4 is 5.32 Å². The molecule has 3 aromatic rings. The zero-order chi connectivity index (χ0) is 17.8. The molecule has 7 heteroatoms. The fraction of sp³-hybridized carbons (Fsp3) is 0.421. The fourth-order valence-electron chi connectivity index (χ4n) is 3.21. The average molecular weight is 387 g/mol. The van der Waals surface area contributed by atoms with E-state index in [2.05, 4.69) is 31.6 Å². The largest absolute Gasteiger partial charge is 0.302 e. The van der Waals surface area contributed by atoms with Gasteiger partial charge in [0.15, 0.2) is 5.13 Å². The first kappa shape index (κ1) is 17.6. The number of thiazole rings is 2. The molecule has 0 radical (unpaired) electrons. The molecule has 1 N–H and O–H groups in total. The summed E-state index contributed by atoms with van der Waals surface area (Å²) in [6.45, 7) is 3.20. The van der Waals surface area contributed by atoms with Crippen molar-refractivity contribution in [3.05, 3.63) is 40.3 Å². The van der Waals surface area contributed by atoms with Gasteiger partial charge in [-0.15, -0.1) is 22.7 Å². The number of anilines is 1. The van der Waals surface area contributed by atoms with E-state index in [4.69, 9.17) is 0 Å². The van der Waals surface area contributed by atoms with Crippen LogP contribution in [0.15, 0.2) is 29.6 Å². The molecule has 26 heavy (non-hydrogen) atoms. The molecule has 0 saturated carbocycles. The highest BCUT2D eigenvalue weighted by molar-refractivity contribution is 7.18. The highest BCUT2D eigenvalue weighted by atomic mass is 32.1. The van der Waals surface area contributed by atoms with E-state index in [0.29, 0.717) is 18.0 Å². The average Bonchev–Trinajstić information content (AvgIpc) is 3.27. The van der Waals surface area contributed by atoms with Crippen LogP contribution in [0.2, 0.25) is 0 Å². The van der Waals surface area contributed by atoms with Crippen LogP contribution in [0.1, 0.15) is 36.4 Å². The summed E-state index contributed by atoms with van der Waals surface area (Å²) in [5.41, 5.74) is 2.06. The van der Waals surface area contributed by atoms with Crippen LogP contribution in [0.5, 0.6) is 0 Å². The standard InChI is InChI=1S/C19H22N4OS2/c24-17(8-9-18-21-15-6-2-3-7-16(15)26-18)22-19-20-14(13-25-19)12-23-10-4-1-5-11-23/h2-3,6-7,13H,1,4-5,8-12H2,(H,20,22,24). The van der Waals surface area contributed by atoms with Crippen molar-refractivity contribution >= 4 is 43.9 Å². The van der Waals surface area contributed by atoms with Gasteiger partial charge in [-0.1, -0.05) is 18.6 Å². The van der Waals surface area contributed by atoms with E-state index >= 15 is 0 Å². The maximum absolute atomic E-state index is 12.2. The number of nitrogens with zero attached hydrogens (tertiary/aromatic N) is 3. The summed E-state index contributed by atoms with van der Waals surface area (Å²) in [4.78, 5) is 23.8. The van der Waals surface area contributed by atoms with Crippen molar-refractivity contribution in [3.63, 3.8) is 0 Å². The molecule has 1 aliphatic heterocycles. The van der Waals surface area contributed by atoms with Crippen molar-refractivity contribution in [2.24, 2.45) is 0 Å². The van der Waals surface area contributed by atoms with E-state index in [9.17, 15) is 4.79 Å². The lowest BCUT2D eigenvalue weighted by Gasteiger charge is -2.25. The monoisotopic (exact) mass is 386 g/mol. The number of nitrogens with one attached hydrogen (secondary N) is 1. The molecule has 1 fully saturated rings. The summed E-state index contributed by atoms with van der Waals surface area (Å²) in [6, 6.07) is 8.08. The van der Waals surface area contributed by atoms with Crippen molar-refractivity contribution < 1.29 is 4.79 Å². The van der Waals surface area contributed by atoms with Gasteiger partial charge in [0.2, 0.25) is 5.91 Å². The van der Waals surface area contributed by atoms with Gasteiger partial charge in [-0.05, 0) is 38.1 Å². The topological polar surface area (TPSA) is 58.1 Å². The molecular weight excluding hydrogens is 364 g/mol. The number of aromatic nitrogens is 2. The summed E-state index contributed by atoms with van der Waals surface area (Å²) in [6.07, 6.45) is 4.99. The van der Waals surface area contributed by atoms with Crippen LogP contribution >= 0.6 is 22.7 Å². The van der Waals surface area contributed by atoms with E-state index in [1.54, 1.807) is 11.3 Å². The van der Waals surface area contributed by atoms with Gasteiger partial charge in [-0.25, -0.2) is 9.97 Å². The van der Waals surface area contributed by atoms with Gasteiger partial charge < -0.3 is 5.32 Å². The van der Waals surface area contributed by atoms with Crippen LogP contribution in [-0.4, -0.2) is 33.9 Å². The number of hydrogen-bond acceptors (Lipinski definition) is 6. The third-order valence-corrected chi connectivity index (χ3v) is 6.44. The Labute approximate surface area is 161 Å². The first-order chi connectivity index (χ1) is 12.8. The number of rotatable bonds is 6. The van der Waals surface area contributed by atoms with Crippen LogP contribution in [0.3, 0.4) is 0 Å². The number of carbonyl (C=O) groups excluding carboxylic acids is 1. The molecule has 0 atom stereocenters. The van der Waals surface area contributed by atoms with E-state index in [0.717, 1.165) is 35.9 Å². The molecule has 1 aliphatic rings. The molecule has 1 saturated heterocycles. The Bertz CT molecular complexity index is 849. The van der Waals surface area contributed by atoms with Crippen LogP contribution in [0.25, 0.3) is 10.2 Å². The summed E-state index contributed by atoms with van der Waals surface area (Å²) in [7, 11) is 0. The second kappa shape index (κ2) is 8.24. The van der Waals surface area contributed by atoms with E-state index in [-0.39, 0.29) is 5.91 Å². The van der Waals surface area contributed by atoms with Gasteiger partial charge >= 0.3 is 0 Å². The van der Waals surface area contributed by atoms with Crippen LogP contribution in [0.4, 0.5) is 5.13 Å².